The van der Waals surface area contributed by atoms with E-state index in [-0.39, 0.29) is 0 Å². The van der Waals surface area contributed by atoms with Crippen LogP contribution in [0.15, 0.2) is 0 Å². The minimum absolute atomic E-state index is 1.13. The van der Waals surface area contributed by atoms with Gasteiger partial charge in [-0.25, -0.2) is 39.9 Å². The summed E-state index contributed by atoms with van der Waals surface area (Å²) in [4.78, 5) is 10.8. The molecule has 0 atom stereocenters. The van der Waals surface area contributed by atoms with Crippen LogP contribution < -0.4 is 0 Å². The van der Waals surface area contributed by atoms with E-state index in [0.717, 1.165) is 0 Å². The van der Waals surface area contributed by atoms with Crippen molar-refractivity contribution in [1.29, 1.82) is 0 Å². The van der Waals surface area contributed by atoms with Gasteiger partial charge in [-0.3, -0.25) is 0 Å². The van der Waals surface area contributed by atoms with Gasteiger partial charge in [-0.1, -0.05) is 0 Å². The topological polar surface area (TPSA) is 35.5 Å². The van der Waals surface area contributed by atoms with Gasteiger partial charge in [-0.15, -0.1) is 0 Å². The van der Waals surface area contributed by atoms with Crippen molar-refractivity contribution in [2.24, 2.45) is 0 Å². The second-order valence-electron chi connectivity index (χ2n) is 4.40. The number of rotatable bonds is 10. The normalized spacial score (nSPS) is 12.8. The zero-order chi connectivity index (χ0) is 17.4. The molecule has 0 saturated heterocycles. The predicted molar refractivity (Wildman–Crippen MR) is 57.7 cm³/mol. The zero-order valence-corrected chi connectivity index (χ0v) is 11.1. The van der Waals surface area contributed by atoms with Crippen molar-refractivity contribution in [3.63, 3.8) is 0 Å². The molecule has 0 spiro atoms. The molecular weight excluding hydrogens is 332 g/mol. The molecule has 0 aliphatic carbocycles. The number of carbonyl (C=O) groups excluding carboxylic acids is 1. The Labute approximate surface area is 120 Å². The Hall–Kier alpha value is -1.29. The zero-order valence-electron chi connectivity index (χ0n) is 11.1. The highest BCUT2D eigenvalue weighted by atomic mass is 19.3. The molecule has 0 aromatic rings. The van der Waals surface area contributed by atoms with Crippen molar-refractivity contribution in [3.05, 3.63) is 0 Å². The quantitative estimate of drug-likeness (QED) is 0.432. The Morgan fingerprint density at radius 3 is 1.36 bits per heavy atom. The highest BCUT2D eigenvalue weighted by Gasteiger charge is 2.34. The average Bonchev–Trinajstić information content (AvgIpc) is 2.39. The third-order valence-electron chi connectivity index (χ3n) is 2.26. The lowest BCUT2D eigenvalue weighted by Crippen LogP contribution is -2.30. The molecule has 0 rings (SSSR count). The lowest BCUT2D eigenvalue weighted by Gasteiger charge is -2.18. The van der Waals surface area contributed by atoms with Crippen LogP contribution in [0.4, 0.5) is 39.9 Å². The second kappa shape index (κ2) is 8.99. The van der Waals surface area contributed by atoms with Crippen LogP contribution in [-0.4, -0.2) is 44.1 Å². The van der Waals surface area contributed by atoms with E-state index < -0.39 is 69.7 Å². The predicted octanol–water partition coefficient (Wildman–Crippen LogP) is 4.50. The molecular formula is C11H14F8O3. The molecule has 0 fully saturated rings. The number of alkyl halides is 8. The molecule has 11 heteroatoms. The highest BCUT2D eigenvalue weighted by Crippen LogP contribution is 2.25. The summed E-state index contributed by atoms with van der Waals surface area (Å²) in [6.45, 7) is -3.22. The molecule has 3 nitrogen and oxygen atoms in total. The average molecular weight is 346 g/mol. The summed E-state index contributed by atoms with van der Waals surface area (Å²) in [6, 6.07) is 0. The maximum atomic E-state index is 12.9. The first-order chi connectivity index (χ1) is 9.93. The largest absolute Gasteiger partial charge is 0.508 e. The lowest BCUT2D eigenvalue weighted by atomic mass is 10.2. The number of hydrogen-bond donors (Lipinski definition) is 0. The summed E-state index contributed by atoms with van der Waals surface area (Å²) >= 11 is 0. The van der Waals surface area contributed by atoms with Crippen LogP contribution in [-0.2, 0) is 9.47 Å². The molecule has 22 heavy (non-hydrogen) atoms. The SMILES string of the molecule is O=C(OCC(F)(F)CCC(F)F)OCC(F)(F)CCC(F)F. The Bertz CT molecular complexity index is 305. The van der Waals surface area contributed by atoms with E-state index in [0.29, 0.717) is 0 Å². The number of carbonyl (C=O) groups is 1. The molecule has 0 amide bonds. The van der Waals surface area contributed by atoms with Crippen LogP contribution in [0, 0.1) is 0 Å². The molecule has 0 aromatic heterocycles. The maximum absolute atomic E-state index is 12.9. The van der Waals surface area contributed by atoms with Gasteiger partial charge in [-0.05, 0) is 0 Å². The van der Waals surface area contributed by atoms with Crippen LogP contribution in [0.25, 0.3) is 0 Å². The van der Waals surface area contributed by atoms with Gasteiger partial charge in [0.2, 0.25) is 12.9 Å². The van der Waals surface area contributed by atoms with E-state index in [4.69, 9.17) is 0 Å². The lowest BCUT2D eigenvalue weighted by molar-refractivity contribution is -0.104. The molecule has 0 aliphatic rings. The van der Waals surface area contributed by atoms with Gasteiger partial charge in [0.1, 0.15) is 0 Å². The molecule has 0 aliphatic heterocycles. The van der Waals surface area contributed by atoms with E-state index in [9.17, 15) is 39.9 Å². The van der Waals surface area contributed by atoms with Gasteiger partial charge in [0.25, 0.3) is 11.8 Å². The summed E-state index contributed by atoms with van der Waals surface area (Å²) in [5.74, 6) is -7.51. The van der Waals surface area contributed by atoms with E-state index in [1.54, 1.807) is 0 Å². The van der Waals surface area contributed by atoms with Gasteiger partial charge in [-0.2, -0.15) is 0 Å². The molecule has 0 N–H and O–H groups in total. The smallest absolute Gasteiger partial charge is 0.428 e. The molecule has 0 aromatic carbocycles. The molecule has 0 unspecified atom stereocenters. The number of hydrogen-bond acceptors (Lipinski definition) is 3. The van der Waals surface area contributed by atoms with Crippen LogP contribution in [0.2, 0.25) is 0 Å². The van der Waals surface area contributed by atoms with Crippen molar-refractivity contribution in [1.82, 2.24) is 0 Å². The van der Waals surface area contributed by atoms with Crippen molar-refractivity contribution >= 4 is 6.16 Å². The van der Waals surface area contributed by atoms with Crippen molar-refractivity contribution in [3.8, 4) is 0 Å². The molecule has 0 heterocycles. The fourth-order valence-electron chi connectivity index (χ4n) is 1.16. The summed E-state index contributed by atoms with van der Waals surface area (Å²) in [5, 5.41) is 0. The van der Waals surface area contributed by atoms with Gasteiger partial charge in [0, 0.05) is 25.7 Å². The highest BCUT2D eigenvalue weighted by molar-refractivity contribution is 5.59. The summed E-state index contributed by atoms with van der Waals surface area (Å²) in [6.07, 6.45) is -12.6. The van der Waals surface area contributed by atoms with E-state index in [1.165, 1.54) is 0 Å². The third-order valence-corrected chi connectivity index (χ3v) is 2.26. The van der Waals surface area contributed by atoms with Gasteiger partial charge in [0.15, 0.2) is 13.2 Å². The Balaban J connectivity index is 4.03. The summed E-state index contributed by atoms with van der Waals surface area (Å²) in [7, 11) is 0. The van der Waals surface area contributed by atoms with Crippen LogP contribution in [0.5, 0.6) is 0 Å². The molecule has 0 bridgehead atoms. The Morgan fingerprint density at radius 2 is 1.09 bits per heavy atom. The minimum atomic E-state index is -3.76. The van der Waals surface area contributed by atoms with Crippen molar-refractivity contribution in [2.45, 2.75) is 50.4 Å². The van der Waals surface area contributed by atoms with E-state index in [2.05, 4.69) is 9.47 Å². The van der Waals surface area contributed by atoms with E-state index >= 15 is 0 Å². The van der Waals surface area contributed by atoms with E-state index in [1.807, 2.05) is 0 Å². The third kappa shape index (κ3) is 11.4. The number of ether oxygens (including phenoxy) is 2. The van der Waals surface area contributed by atoms with Crippen LogP contribution in [0.1, 0.15) is 25.7 Å². The molecule has 0 radical (unpaired) electrons. The van der Waals surface area contributed by atoms with Gasteiger partial charge in [0.05, 0.1) is 0 Å². The monoisotopic (exact) mass is 346 g/mol. The first-order valence-electron chi connectivity index (χ1n) is 6.05. The fourth-order valence-corrected chi connectivity index (χ4v) is 1.16. The van der Waals surface area contributed by atoms with Crippen molar-refractivity contribution < 1.29 is 49.4 Å². The summed E-state index contributed by atoms with van der Waals surface area (Å²) < 4.78 is 106. The molecule has 0 saturated carbocycles. The maximum Gasteiger partial charge on any atom is 0.508 e. The van der Waals surface area contributed by atoms with Crippen molar-refractivity contribution in [2.75, 3.05) is 13.2 Å². The molecule has 132 valence electrons. The Kier molecular flexibility index (Phi) is 8.46. The summed E-state index contributed by atoms with van der Waals surface area (Å²) in [5.41, 5.74) is 0. The van der Waals surface area contributed by atoms with Crippen LogP contribution >= 0.6 is 0 Å². The van der Waals surface area contributed by atoms with Gasteiger partial charge < -0.3 is 9.47 Å². The first kappa shape index (κ1) is 20.7. The number of halogens is 8. The Morgan fingerprint density at radius 1 is 0.773 bits per heavy atom. The second-order valence-corrected chi connectivity index (χ2v) is 4.40. The first-order valence-corrected chi connectivity index (χ1v) is 6.05. The standard InChI is InChI=1S/C11H14F8O3/c12-7(13)1-3-10(16,17)5-21-9(20)22-6-11(18,19)4-2-8(14)15/h7-8H,1-6H2. The fraction of sp³-hybridized carbons (Fsp3) is 0.909. The minimum Gasteiger partial charge on any atom is -0.428 e. The van der Waals surface area contributed by atoms with Crippen LogP contribution in [0.3, 0.4) is 0 Å². The van der Waals surface area contributed by atoms with Gasteiger partial charge >= 0.3 is 6.16 Å².